The van der Waals surface area contributed by atoms with Crippen LogP contribution in [-0.2, 0) is 6.54 Å². The Labute approximate surface area is 166 Å². The van der Waals surface area contributed by atoms with Crippen molar-refractivity contribution in [1.29, 1.82) is 0 Å². The van der Waals surface area contributed by atoms with E-state index in [1.807, 2.05) is 24.8 Å². The van der Waals surface area contributed by atoms with E-state index in [9.17, 15) is 9.59 Å². The summed E-state index contributed by atoms with van der Waals surface area (Å²) in [7, 11) is 0. The lowest BCUT2D eigenvalue weighted by molar-refractivity contribution is 0.0628. The van der Waals surface area contributed by atoms with Crippen molar-refractivity contribution in [3.8, 4) is 0 Å². The van der Waals surface area contributed by atoms with E-state index in [-0.39, 0.29) is 18.0 Å². The normalized spacial score (nSPS) is 14.8. The molecule has 0 bridgehead atoms. The van der Waals surface area contributed by atoms with E-state index < -0.39 is 0 Å². The molecule has 1 fully saturated rings. The molecule has 0 unspecified atom stereocenters. The molecule has 1 aliphatic heterocycles. The number of rotatable bonds is 5. The molecule has 148 valence electrons. The zero-order valence-electron chi connectivity index (χ0n) is 16.5. The summed E-state index contributed by atoms with van der Waals surface area (Å²) in [6.45, 7) is 7.92. The largest absolute Gasteiger partial charge is 0.336 e. The van der Waals surface area contributed by atoms with Crippen LogP contribution in [0.1, 0.15) is 29.8 Å². The van der Waals surface area contributed by atoms with Crippen LogP contribution in [0.5, 0.6) is 0 Å². The van der Waals surface area contributed by atoms with Crippen LogP contribution >= 0.6 is 0 Å². The van der Waals surface area contributed by atoms with Crippen LogP contribution in [0.25, 0.3) is 0 Å². The molecule has 1 saturated heterocycles. The van der Waals surface area contributed by atoms with Crippen molar-refractivity contribution in [2.45, 2.75) is 26.4 Å². The lowest BCUT2D eigenvalue weighted by atomic mass is 10.1. The third kappa shape index (κ3) is 5.57. The fraction of sp³-hybridized carbons (Fsp3) is 0.364. The summed E-state index contributed by atoms with van der Waals surface area (Å²) in [4.78, 5) is 28.8. The Bertz CT molecular complexity index is 782. The Morgan fingerprint density at radius 1 is 0.929 bits per heavy atom. The summed E-state index contributed by atoms with van der Waals surface area (Å²) in [6, 6.07) is 17.3. The lowest BCUT2D eigenvalue weighted by Gasteiger charge is -2.34. The molecule has 1 heterocycles. The van der Waals surface area contributed by atoms with Crippen LogP contribution in [0.15, 0.2) is 54.6 Å². The van der Waals surface area contributed by atoms with Gasteiger partial charge in [-0.25, -0.2) is 4.79 Å². The Morgan fingerprint density at radius 3 is 2.18 bits per heavy atom. The number of nitrogens with one attached hydrogen (secondary N) is 2. The van der Waals surface area contributed by atoms with E-state index in [0.717, 1.165) is 32.7 Å². The van der Waals surface area contributed by atoms with Crippen molar-refractivity contribution in [3.05, 3.63) is 65.7 Å². The molecule has 1 aliphatic rings. The fourth-order valence-corrected chi connectivity index (χ4v) is 3.26. The van der Waals surface area contributed by atoms with Gasteiger partial charge in [-0.1, -0.05) is 30.3 Å². The molecule has 0 radical (unpaired) electrons. The second-order valence-electron chi connectivity index (χ2n) is 7.38. The SMILES string of the molecule is CC(C)NC(=O)Nc1ccc(C(=O)N2CCN(Cc3ccccc3)CC2)cc1. The van der Waals surface area contributed by atoms with Gasteiger partial charge in [0, 0.05) is 50.0 Å². The predicted molar refractivity (Wildman–Crippen MR) is 111 cm³/mol. The zero-order valence-corrected chi connectivity index (χ0v) is 16.5. The van der Waals surface area contributed by atoms with Crippen LogP contribution in [0, 0.1) is 0 Å². The molecule has 0 spiro atoms. The van der Waals surface area contributed by atoms with E-state index in [2.05, 4.69) is 39.8 Å². The smallest absolute Gasteiger partial charge is 0.319 e. The van der Waals surface area contributed by atoms with Crippen molar-refractivity contribution in [2.24, 2.45) is 0 Å². The van der Waals surface area contributed by atoms with E-state index in [1.54, 1.807) is 24.3 Å². The number of nitrogens with zero attached hydrogens (tertiary/aromatic N) is 2. The molecule has 28 heavy (non-hydrogen) atoms. The molecule has 0 aromatic heterocycles. The van der Waals surface area contributed by atoms with Crippen LogP contribution in [0.3, 0.4) is 0 Å². The number of piperazine rings is 1. The van der Waals surface area contributed by atoms with Gasteiger partial charge in [0.25, 0.3) is 5.91 Å². The summed E-state index contributed by atoms with van der Waals surface area (Å²) >= 11 is 0. The molecule has 0 atom stereocenters. The molecule has 2 N–H and O–H groups in total. The van der Waals surface area contributed by atoms with E-state index >= 15 is 0 Å². The third-order valence-electron chi connectivity index (χ3n) is 4.72. The number of benzene rings is 2. The minimum atomic E-state index is -0.247. The topological polar surface area (TPSA) is 64.7 Å². The molecular weight excluding hydrogens is 352 g/mol. The first kappa shape index (κ1) is 19.9. The van der Waals surface area contributed by atoms with E-state index in [4.69, 9.17) is 0 Å². The summed E-state index contributed by atoms with van der Waals surface area (Å²) in [5, 5.41) is 5.54. The van der Waals surface area contributed by atoms with Crippen molar-refractivity contribution in [3.63, 3.8) is 0 Å². The highest BCUT2D eigenvalue weighted by atomic mass is 16.2. The monoisotopic (exact) mass is 380 g/mol. The lowest BCUT2D eigenvalue weighted by Crippen LogP contribution is -2.48. The number of carbonyl (C=O) groups excluding carboxylic acids is 2. The molecule has 6 heteroatoms. The van der Waals surface area contributed by atoms with E-state index in [1.165, 1.54) is 5.56 Å². The number of anilines is 1. The Balaban J connectivity index is 1.50. The average Bonchev–Trinajstić information content (AvgIpc) is 2.69. The summed E-state index contributed by atoms with van der Waals surface area (Å²) < 4.78 is 0. The Kier molecular flexibility index (Phi) is 6.66. The van der Waals surface area contributed by atoms with Crippen molar-refractivity contribution in [2.75, 3.05) is 31.5 Å². The van der Waals surface area contributed by atoms with Gasteiger partial charge in [0.05, 0.1) is 0 Å². The van der Waals surface area contributed by atoms with Gasteiger partial charge in [-0.3, -0.25) is 9.69 Å². The highest BCUT2D eigenvalue weighted by Crippen LogP contribution is 2.14. The Hall–Kier alpha value is -2.86. The molecule has 3 rings (SSSR count). The van der Waals surface area contributed by atoms with Crippen LogP contribution in [-0.4, -0.2) is 54.0 Å². The van der Waals surface area contributed by atoms with Crippen LogP contribution < -0.4 is 10.6 Å². The van der Waals surface area contributed by atoms with Gasteiger partial charge in [-0.2, -0.15) is 0 Å². The first-order chi connectivity index (χ1) is 13.5. The van der Waals surface area contributed by atoms with Crippen molar-refractivity contribution in [1.82, 2.24) is 15.1 Å². The first-order valence-electron chi connectivity index (χ1n) is 9.74. The predicted octanol–water partition coefficient (Wildman–Crippen LogP) is 3.17. The number of amides is 3. The highest BCUT2D eigenvalue weighted by molar-refractivity contribution is 5.95. The summed E-state index contributed by atoms with van der Waals surface area (Å²) in [6.07, 6.45) is 0. The number of carbonyl (C=O) groups is 2. The van der Waals surface area contributed by atoms with Gasteiger partial charge in [0.15, 0.2) is 0 Å². The highest BCUT2D eigenvalue weighted by Gasteiger charge is 2.22. The summed E-state index contributed by atoms with van der Waals surface area (Å²) in [5.41, 5.74) is 2.61. The number of urea groups is 1. The van der Waals surface area contributed by atoms with Gasteiger partial charge in [0.1, 0.15) is 0 Å². The maximum absolute atomic E-state index is 12.8. The van der Waals surface area contributed by atoms with Gasteiger partial charge in [0.2, 0.25) is 0 Å². The molecule has 6 nitrogen and oxygen atoms in total. The standard InChI is InChI=1S/C22H28N4O2/c1-17(2)23-22(28)24-20-10-8-19(9-11-20)21(27)26-14-12-25(13-15-26)16-18-6-4-3-5-7-18/h3-11,17H,12-16H2,1-2H3,(H2,23,24,28). The van der Waals surface area contributed by atoms with Crippen LogP contribution in [0.4, 0.5) is 10.5 Å². The third-order valence-corrected chi connectivity index (χ3v) is 4.72. The van der Waals surface area contributed by atoms with Crippen LogP contribution in [0.2, 0.25) is 0 Å². The quantitative estimate of drug-likeness (QED) is 0.837. The second-order valence-corrected chi connectivity index (χ2v) is 7.38. The maximum Gasteiger partial charge on any atom is 0.319 e. The van der Waals surface area contributed by atoms with Crippen molar-refractivity contribution >= 4 is 17.6 Å². The minimum Gasteiger partial charge on any atom is -0.336 e. The van der Waals surface area contributed by atoms with Crippen molar-refractivity contribution < 1.29 is 9.59 Å². The molecule has 3 amide bonds. The minimum absolute atomic E-state index is 0.0394. The molecule has 2 aromatic rings. The van der Waals surface area contributed by atoms with Gasteiger partial charge >= 0.3 is 6.03 Å². The average molecular weight is 380 g/mol. The second kappa shape index (κ2) is 9.37. The van der Waals surface area contributed by atoms with Gasteiger partial charge < -0.3 is 15.5 Å². The molecule has 0 saturated carbocycles. The molecule has 2 aromatic carbocycles. The molecular formula is C22H28N4O2. The zero-order chi connectivity index (χ0) is 19.9. The fourth-order valence-electron chi connectivity index (χ4n) is 3.26. The van der Waals surface area contributed by atoms with E-state index in [0.29, 0.717) is 11.3 Å². The number of hydrogen-bond donors (Lipinski definition) is 2. The first-order valence-corrected chi connectivity index (χ1v) is 9.74. The summed E-state index contributed by atoms with van der Waals surface area (Å²) in [5.74, 6) is 0.0394. The Morgan fingerprint density at radius 2 is 1.57 bits per heavy atom. The van der Waals surface area contributed by atoms with Gasteiger partial charge in [-0.05, 0) is 43.7 Å². The number of hydrogen-bond acceptors (Lipinski definition) is 3. The maximum atomic E-state index is 12.8. The van der Waals surface area contributed by atoms with Gasteiger partial charge in [-0.15, -0.1) is 0 Å². The molecule has 0 aliphatic carbocycles.